The van der Waals surface area contributed by atoms with Crippen molar-refractivity contribution in [2.45, 2.75) is 56.7 Å². The number of benzene rings is 1. The van der Waals surface area contributed by atoms with Gasteiger partial charge in [-0.25, -0.2) is 4.79 Å². The van der Waals surface area contributed by atoms with Crippen molar-refractivity contribution in [3.8, 4) is 5.75 Å². The lowest BCUT2D eigenvalue weighted by Gasteiger charge is -2.55. The third-order valence-electron chi connectivity index (χ3n) is 6.65. The minimum Gasteiger partial charge on any atom is -0.496 e. The number of hydrogen-bond acceptors (Lipinski definition) is 5. The molecule has 1 atom stereocenters. The Balaban J connectivity index is 1.27. The Kier molecular flexibility index (Phi) is 3.73. The summed E-state index contributed by atoms with van der Waals surface area (Å²) in [5, 5.41) is 4.15. The fraction of sp³-hybridized carbons (Fsp3) is 0.619. The van der Waals surface area contributed by atoms with Gasteiger partial charge in [-0.1, -0.05) is 17.3 Å². The molecule has 4 saturated carbocycles. The summed E-state index contributed by atoms with van der Waals surface area (Å²) in [4.78, 5) is 18.3. The maximum absolute atomic E-state index is 12.8. The van der Waals surface area contributed by atoms with Crippen LogP contribution in [0.3, 0.4) is 0 Å². The number of oxime groups is 1. The molecule has 4 bridgehead atoms. The summed E-state index contributed by atoms with van der Waals surface area (Å²) in [5.41, 5.74) is 1.39. The van der Waals surface area contributed by atoms with E-state index in [1.54, 1.807) is 7.11 Å². The number of carbonyl (C=O) groups is 1. The highest BCUT2D eigenvalue weighted by Gasteiger charge is 2.54. The van der Waals surface area contributed by atoms with E-state index in [-0.39, 0.29) is 11.6 Å². The topological polar surface area (TPSA) is 57.1 Å². The Morgan fingerprint density at radius 2 is 1.77 bits per heavy atom. The molecule has 138 valence electrons. The lowest BCUT2D eigenvalue weighted by Crippen LogP contribution is -2.53. The van der Waals surface area contributed by atoms with E-state index in [4.69, 9.17) is 14.3 Å². The van der Waals surface area contributed by atoms with Crippen LogP contribution in [-0.4, -0.2) is 30.5 Å². The molecular weight excluding hydrogens is 330 g/mol. The van der Waals surface area contributed by atoms with Crippen LogP contribution in [0.4, 0.5) is 0 Å². The van der Waals surface area contributed by atoms with Gasteiger partial charge in [-0.15, -0.1) is 0 Å². The van der Waals surface area contributed by atoms with Gasteiger partial charge in [0.2, 0.25) is 6.10 Å². The van der Waals surface area contributed by atoms with Crippen molar-refractivity contribution in [2.75, 3.05) is 7.11 Å². The summed E-state index contributed by atoms with van der Waals surface area (Å²) >= 11 is 0. The average Bonchev–Trinajstić information content (AvgIpc) is 3.10. The van der Waals surface area contributed by atoms with Crippen LogP contribution < -0.4 is 4.74 Å². The van der Waals surface area contributed by atoms with Gasteiger partial charge >= 0.3 is 5.97 Å². The maximum Gasteiger partial charge on any atom is 0.351 e. The van der Waals surface area contributed by atoms with E-state index in [0.29, 0.717) is 6.42 Å². The molecule has 0 saturated heterocycles. The second-order valence-electron chi connectivity index (χ2n) is 8.56. The van der Waals surface area contributed by atoms with Crippen molar-refractivity contribution in [2.24, 2.45) is 22.9 Å². The molecule has 1 aromatic rings. The van der Waals surface area contributed by atoms with Gasteiger partial charge in [0.1, 0.15) is 11.4 Å². The van der Waals surface area contributed by atoms with Gasteiger partial charge in [-0.3, -0.25) is 0 Å². The number of hydrogen-bond donors (Lipinski definition) is 0. The van der Waals surface area contributed by atoms with Gasteiger partial charge in [-0.2, -0.15) is 0 Å². The first-order chi connectivity index (χ1) is 12.6. The molecule has 0 N–H and O–H groups in total. The monoisotopic (exact) mass is 355 g/mol. The lowest BCUT2D eigenvalue weighted by atomic mass is 9.54. The molecule has 4 aliphatic carbocycles. The minimum atomic E-state index is -0.636. The van der Waals surface area contributed by atoms with Crippen molar-refractivity contribution >= 4 is 11.7 Å². The SMILES string of the molecule is COc1ccccc1C1=NOC(C(=O)OC23CC4CC(CC(C4)C2)C3)C1. The molecule has 0 amide bonds. The highest BCUT2D eigenvalue weighted by atomic mass is 16.7. The van der Waals surface area contributed by atoms with E-state index >= 15 is 0 Å². The lowest BCUT2D eigenvalue weighted by molar-refractivity contribution is -0.196. The highest BCUT2D eigenvalue weighted by molar-refractivity contribution is 6.05. The van der Waals surface area contributed by atoms with Crippen LogP contribution in [0.1, 0.15) is 50.5 Å². The number of rotatable bonds is 4. The van der Waals surface area contributed by atoms with E-state index < -0.39 is 6.10 Å². The largest absolute Gasteiger partial charge is 0.496 e. The van der Waals surface area contributed by atoms with Crippen LogP contribution in [0.2, 0.25) is 0 Å². The van der Waals surface area contributed by atoms with E-state index in [0.717, 1.165) is 54.0 Å². The molecule has 1 unspecified atom stereocenters. The number of esters is 1. The van der Waals surface area contributed by atoms with Gasteiger partial charge < -0.3 is 14.3 Å². The quantitative estimate of drug-likeness (QED) is 0.773. The van der Waals surface area contributed by atoms with Crippen molar-refractivity contribution in [3.63, 3.8) is 0 Å². The van der Waals surface area contributed by atoms with Crippen LogP contribution in [0.15, 0.2) is 29.4 Å². The van der Waals surface area contributed by atoms with E-state index in [1.165, 1.54) is 19.3 Å². The molecule has 26 heavy (non-hydrogen) atoms. The molecule has 1 heterocycles. The number of ether oxygens (including phenoxy) is 2. The Bertz CT molecular complexity index is 721. The molecule has 0 aromatic heterocycles. The zero-order valence-corrected chi connectivity index (χ0v) is 15.1. The molecule has 4 fully saturated rings. The smallest absolute Gasteiger partial charge is 0.351 e. The summed E-state index contributed by atoms with van der Waals surface area (Å²) in [7, 11) is 1.63. The number of para-hydroxylation sites is 1. The maximum atomic E-state index is 12.8. The third kappa shape index (κ3) is 2.68. The first-order valence-electron chi connectivity index (χ1n) is 9.73. The van der Waals surface area contributed by atoms with Crippen molar-refractivity contribution in [1.29, 1.82) is 0 Å². The predicted molar refractivity (Wildman–Crippen MR) is 96.0 cm³/mol. The van der Waals surface area contributed by atoms with Crippen molar-refractivity contribution in [1.82, 2.24) is 0 Å². The first-order valence-corrected chi connectivity index (χ1v) is 9.73. The fourth-order valence-corrected chi connectivity index (χ4v) is 5.98. The average molecular weight is 355 g/mol. The fourth-order valence-electron chi connectivity index (χ4n) is 5.98. The Hall–Kier alpha value is -2.04. The Labute approximate surface area is 153 Å². The van der Waals surface area contributed by atoms with E-state index in [1.807, 2.05) is 24.3 Å². The van der Waals surface area contributed by atoms with Crippen LogP contribution in [0, 0.1) is 17.8 Å². The first kappa shape index (κ1) is 16.2. The van der Waals surface area contributed by atoms with Crippen molar-refractivity contribution in [3.05, 3.63) is 29.8 Å². The third-order valence-corrected chi connectivity index (χ3v) is 6.65. The molecule has 1 aromatic carbocycles. The minimum absolute atomic E-state index is 0.234. The molecule has 0 radical (unpaired) electrons. The number of carbonyl (C=O) groups excluding carboxylic acids is 1. The zero-order chi connectivity index (χ0) is 17.7. The summed E-state index contributed by atoms with van der Waals surface area (Å²) in [6.07, 6.45) is 6.91. The Morgan fingerprint density at radius 3 is 2.42 bits per heavy atom. The second-order valence-corrected chi connectivity index (χ2v) is 8.56. The number of nitrogens with zero attached hydrogens (tertiary/aromatic N) is 1. The van der Waals surface area contributed by atoms with Gasteiger partial charge in [0.05, 0.1) is 12.8 Å². The molecule has 1 aliphatic heterocycles. The van der Waals surface area contributed by atoms with Gasteiger partial charge in [0, 0.05) is 12.0 Å². The van der Waals surface area contributed by atoms with Crippen LogP contribution >= 0.6 is 0 Å². The summed E-state index contributed by atoms with van der Waals surface area (Å²) < 4.78 is 11.5. The molecule has 6 rings (SSSR count). The van der Waals surface area contributed by atoms with Crippen LogP contribution in [0.5, 0.6) is 5.75 Å². The van der Waals surface area contributed by atoms with Gasteiger partial charge in [0.15, 0.2) is 0 Å². The van der Waals surface area contributed by atoms with Crippen molar-refractivity contribution < 1.29 is 19.1 Å². The predicted octanol–water partition coefficient (Wildman–Crippen LogP) is 3.70. The summed E-state index contributed by atoms with van der Waals surface area (Å²) in [6, 6.07) is 7.67. The second kappa shape index (κ2) is 6.00. The van der Waals surface area contributed by atoms with Crippen LogP contribution in [-0.2, 0) is 14.4 Å². The molecule has 0 spiro atoms. The molecule has 5 heteroatoms. The standard InChI is InChI=1S/C21H25NO4/c1-24-18-5-3-2-4-16(18)17-9-19(26-22-17)20(23)25-21-10-13-6-14(11-21)8-15(7-13)12-21/h2-5,13-15,19H,6-12H2,1H3. The Morgan fingerprint density at radius 1 is 1.12 bits per heavy atom. The van der Waals surface area contributed by atoms with E-state index in [9.17, 15) is 4.79 Å². The molecule has 5 nitrogen and oxygen atoms in total. The zero-order valence-electron chi connectivity index (χ0n) is 15.1. The molecule has 5 aliphatic rings. The number of methoxy groups -OCH3 is 1. The highest BCUT2D eigenvalue weighted by Crippen LogP contribution is 2.57. The van der Waals surface area contributed by atoms with Gasteiger partial charge in [-0.05, 0) is 68.4 Å². The molecular formula is C21H25NO4. The normalized spacial score (nSPS) is 37.2. The van der Waals surface area contributed by atoms with Gasteiger partial charge in [0.25, 0.3) is 0 Å². The van der Waals surface area contributed by atoms with Crippen LogP contribution in [0.25, 0.3) is 0 Å². The van der Waals surface area contributed by atoms with E-state index in [2.05, 4.69) is 5.16 Å². The summed E-state index contributed by atoms with van der Waals surface area (Å²) in [5.74, 6) is 2.74. The summed E-state index contributed by atoms with van der Waals surface area (Å²) in [6.45, 7) is 0.